The summed E-state index contributed by atoms with van der Waals surface area (Å²) in [5.74, 6) is -2.60. The van der Waals surface area contributed by atoms with Crippen LogP contribution in [0.15, 0.2) is 16.2 Å². The van der Waals surface area contributed by atoms with E-state index in [1.54, 1.807) is 11.4 Å². The maximum absolute atomic E-state index is 11.9. The molecule has 0 radical (unpaired) electrons. The minimum absolute atomic E-state index is 0.0821. The summed E-state index contributed by atoms with van der Waals surface area (Å²) < 4.78 is 5.10. The van der Waals surface area contributed by atoms with Crippen LogP contribution < -0.4 is 10.9 Å². The number of aromatic nitrogens is 2. The average Bonchev–Trinajstić information content (AvgIpc) is 2.95. The predicted molar refractivity (Wildman–Crippen MR) is 91.2 cm³/mol. The summed E-state index contributed by atoms with van der Waals surface area (Å²) in [5, 5.41) is 22.6. The van der Waals surface area contributed by atoms with Crippen LogP contribution in [-0.4, -0.2) is 38.9 Å². The van der Waals surface area contributed by atoms with E-state index in [1.165, 1.54) is 0 Å². The molecule has 0 aliphatic rings. The largest absolute Gasteiger partial charge is 0.501 e. The van der Waals surface area contributed by atoms with Crippen molar-refractivity contribution >= 4 is 29.1 Å². The standard InChI is InChI=1S/C15H17N3O6S/c1-15(2,3)6-24-14(23)16-7-4-5-25-10(7)11-17-8(13(21)22)9(19)12(20)18-11/h4-5,19H,6H2,1-3H3,(H,16,23)(H,21,22)(H,17,18,20). The summed E-state index contributed by atoms with van der Waals surface area (Å²) in [6, 6.07) is 1.56. The molecule has 2 rings (SSSR count). The zero-order chi connectivity index (χ0) is 18.8. The van der Waals surface area contributed by atoms with E-state index in [9.17, 15) is 19.5 Å². The second kappa shape index (κ2) is 6.93. The molecule has 2 heterocycles. The Labute approximate surface area is 146 Å². The molecule has 0 aliphatic carbocycles. The Morgan fingerprint density at radius 3 is 2.68 bits per heavy atom. The number of carbonyl (C=O) groups is 2. The van der Waals surface area contributed by atoms with Crippen LogP contribution in [0.4, 0.5) is 10.5 Å². The smallest absolute Gasteiger partial charge is 0.411 e. The lowest BCUT2D eigenvalue weighted by atomic mass is 9.99. The van der Waals surface area contributed by atoms with Crippen molar-refractivity contribution in [2.75, 3.05) is 11.9 Å². The monoisotopic (exact) mass is 367 g/mol. The van der Waals surface area contributed by atoms with E-state index in [4.69, 9.17) is 9.84 Å². The number of aromatic amines is 1. The molecule has 0 saturated heterocycles. The number of carbonyl (C=O) groups excluding carboxylic acids is 1. The van der Waals surface area contributed by atoms with Crippen LogP contribution in [0.5, 0.6) is 5.75 Å². The molecule has 0 atom stereocenters. The third kappa shape index (κ3) is 4.57. The minimum atomic E-state index is -1.54. The highest BCUT2D eigenvalue weighted by Crippen LogP contribution is 2.31. The van der Waals surface area contributed by atoms with Gasteiger partial charge < -0.3 is 19.9 Å². The lowest BCUT2D eigenvalue weighted by Gasteiger charge is -2.18. The Balaban J connectivity index is 2.29. The van der Waals surface area contributed by atoms with Crippen molar-refractivity contribution in [3.63, 3.8) is 0 Å². The first-order chi connectivity index (χ1) is 11.6. The minimum Gasteiger partial charge on any atom is -0.501 e. The summed E-state index contributed by atoms with van der Waals surface area (Å²) in [5.41, 5.74) is -1.66. The van der Waals surface area contributed by atoms with Crippen LogP contribution >= 0.6 is 11.3 Å². The number of hydrogen-bond donors (Lipinski definition) is 4. The van der Waals surface area contributed by atoms with Gasteiger partial charge in [0.15, 0.2) is 11.5 Å². The molecular formula is C15H17N3O6S. The SMILES string of the molecule is CC(C)(C)COC(=O)Nc1ccsc1-c1nc(C(=O)O)c(O)c(=O)[nH]1. The highest BCUT2D eigenvalue weighted by Gasteiger charge is 2.21. The van der Waals surface area contributed by atoms with Gasteiger partial charge in [0.1, 0.15) is 0 Å². The molecule has 10 heteroatoms. The Bertz CT molecular complexity index is 865. The molecule has 2 aromatic rings. The van der Waals surface area contributed by atoms with Gasteiger partial charge >= 0.3 is 12.1 Å². The van der Waals surface area contributed by atoms with E-state index < -0.39 is 29.1 Å². The van der Waals surface area contributed by atoms with E-state index in [0.717, 1.165) is 11.3 Å². The van der Waals surface area contributed by atoms with E-state index >= 15 is 0 Å². The lowest BCUT2D eigenvalue weighted by Crippen LogP contribution is -2.22. The Kier molecular flexibility index (Phi) is 5.12. The summed E-state index contributed by atoms with van der Waals surface area (Å²) in [7, 11) is 0. The molecule has 0 fully saturated rings. The Morgan fingerprint density at radius 1 is 1.40 bits per heavy atom. The van der Waals surface area contributed by atoms with Gasteiger partial charge in [0.25, 0.3) is 5.56 Å². The first kappa shape index (κ1) is 18.5. The van der Waals surface area contributed by atoms with Crippen LogP contribution in [0.2, 0.25) is 0 Å². The number of carboxylic acid groups (broad SMARTS) is 1. The molecule has 0 spiro atoms. The van der Waals surface area contributed by atoms with Crippen LogP contribution in [0.25, 0.3) is 10.7 Å². The fourth-order valence-corrected chi connectivity index (χ4v) is 2.54. The van der Waals surface area contributed by atoms with Crippen molar-refractivity contribution in [1.82, 2.24) is 9.97 Å². The normalized spacial score (nSPS) is 11.2. The van der Waals surface area contributed by atoms with Gasteiger partial charge in [-0.15, -0.1) is 11.3 Å². The van der Waals surface area contributed by atoms with Crippen LogP contribution in [-0.2, 0) is 4.74 Å². The summed E-state index contributed by atoms with van der Waals surface area (Å²) in [6.07, 6.45) is -0.686. The number of anilines is 1. The summed E-state index contributed by atoms with van der Waals surface area (Å²) in [6.45, 7) is 5.94. The maximum atomic E-state index is 11.9. The van der Waals surface area contributed by atoms with Gasteiger partial charge in [-0.2, -0.15) is 0 Å². The topological polar surface area (TPSA) is 142 Å². The highest BCUT2D eigenvalue weighted by molar-refractivity contribution is 7.14. The van der Waals surface area contributed by atoms with E-state index in [1.807, 2.05) is 20.8 Å². The van der Waals surface area contributed by atoms with Gasteiger partial charge in [-0.1, -0.05) is 20.8 Å². The number of ether oxygens (including phenoxy) is 1. The zero-order valence-electron chi connectivity index (χ0n) is 13.7. The lowest BCUT2D eigenvalue weighted by molar-refractivity contribution is 0.0686. The maximum Gasteiger partial charge on any atom is 0.411 e. The first-order valence-electron chi connectivity index (χ1n) is 7.16. The quantitative estimate of drug-likeness (QED) is 0.650. The molecule has 0 unspecified atom stereocenters. The molecular weight excluding hydrogens is 350 g/mol. The van der Waals surface area contributed by atoms with Crippen LogP contribution in [0.1, 0.15) is 31.3 Å². The molecule has 4 N–H and O–H groups in total. The number of H-pyrrole nitrogens is 1. The number of carboxylic acids is 1. The molecule has 2 aromatic heterocycles. The molecule has 0 aromatic carbocycles. The van der Waals surface area contributed by atoms with Gasteiger partial charge in [0.2, 0.25) is 5.75 Å². The second-order valence-electron chi connectivity index (χ2n) is 6.34. The predicted octanol–water partition coefficient (Wildman–Crippen LogP) is 2.50. The van der Waals surface area contributed by atoms with Gasteiger partial charge in [-0.25, -0.2) is 14.6 Å². The molecule has 0 aliphatic heterocycles. The Morgan fingerprint density at radius 2 is 2.08 bits per heavy atom. The molecule has 0 bridgehead atoms. The number of amides is 1. The van der Waals surface area contributed by atoms with Crippen molar-refractivity contribution < 1.29 is 24.5 Å². The van der Waals surface area contributed by atoms with E-state index in [0.29, 0.717) is 10.6 Å². The molecule has 1 amide bonds. The second-order valence-corrected chi connectivity index (χ2v) is 7.26. The first-order valence-corrected chi connectivity index (χ1v) is 8.04. The van der Waals surface area contributed by atoms with Crippen molar-refractivity contribution in [2.24, 2.45) is 5.41 Å². The zero-order valence-corrected chi connectivity index (χ0v) is 14.6. The number of hydrogen-bond acceptors (Lipinski definition) is 7. The van der Waals surface area contributed by atoms with Crippen LogP contribution in [0, 0.1) is 5.41 Å². The van der Waals surface area contributed by atoms with Gasteiger partial charge in [-0.05, 0) is 16.9 Å². The van der Waals surface area contributed by atoms with Gasteiger partial charge in [-0.3, -0.25) is 10.1 Å². The third-order valence-electron chi connectivity index (χ3n) is 2.85. The molecule has 0 saturated carbocycles. The summed E-state index contributed by atoms with van der Waals surface area (Å²) >= 11 is 1.13. The Hall–Kier alpha value is -2.88. The number of aromatic hydroxyl groups is 1. The third-order valence-corrected chi connectivity index (χ3v) is 3.77. The number of aromatic carboxylic acids is 1. The number of nitrogens with one attached hydrogen (secondary N) is 2. The molecule has 134 valence electrons. The highest BCUT2D eigenvalue weighted by atomic mass is 32.1. The molecule has 9 nitrogen and oxygen atoms in total. The van der Waals surface area contributed by atoms with Crippen molar-refractivity contribution in [3.05, 3.63) is 27.5 Å². The number of nitrogens with zero attached hydrogens (tertiary/aromatic N) is 1. The molecule has 25 heavy (non-hydrogen) atoms. The van der Waals surface area contributed by atoms with Crippen molar-refractivity contribution in [3.8, 4) is 16.5 Å². The average molecular weight is 367 g/mol. The number of rotatable bonds is 4. The van der Waals surface area contributed by atoms with E-state index in [2.05, 4.69) is 15.3 Å². The fourth-order valence-electron chi connectivity index (χ4n) is 1.74. The van der Waals surface area contributed by atoms with Crippen molar-refractivity contribution in [1.29, 1.82) is 0 Å². The van der Waals surface area contributed by atoms with E-state index in [-0.39, 0.29) is 17.8 Å². The fraction of sp³-hybridized carbons (Fsp3) is 0.333. The van der Waals surface area contributed by atoms with Gasteiger partial charge in [0, 0.05) is 0 Å². The summed E-state index contributed by atoms with van der Waals surface area (Å²) in [4.78, 5) is 41.0. The van der Waals surface area contributed by atoms with Crippen LogP contribution in [0.3, 0.4) is 0 Å². The number of thiophene rings is 1. The van der Waals surface area contributed by atoms with Gasteiger partial charge in [0.05, 0.1) is 17.2 Å². The van der Waals surface area contributed by atoms with Crippen molar-refractivity contribution in [2.45, 2.75) is 20.8 Å².